The fourth-order valence-corrected chi connectivity index (χ4v) is 2.64. The van der Waals surface area contributed by atoms with Crippen LogP contribution in [0.25, 0.3) is 11.4 Å². The molecule has 1 aromatic heterocycles. The minimum atomic E-state index is -0.0121. The average Bonchev–Trinajstić information content (AvgIpc) is 3.01. The SMILES string of the molecule is Cn1ccnc1-c1cccc(NC(=O)CCc2ccc(Cl)cc2)c1. The predicted molar refractivity (Wildman–Crippen MR) is 97.0 cm³/mol. The molecule has 0 atom stereocenters. The van der Waals surface area contributed by atoms with Crippen molar-refractivity contribution in [1.82, 2.24) is 9.55 Å². The van der Waals surface area contributed by atoms with Gasteiger partial charge in [0.25, 0.3) is 0 Å². The van der Waals surface area contributed by atoms with Gasteiger partial charge in [0.2, 0.25) is 5.91 Å². The zero-order valence-corrected chi connectivity index (χ0v) is 14.1. The normalized spacial score (nSPS) is 10.6. The lowest BCUT2D eigenvalue weighted by atomic mass is 10.1. The van der Waals surface area contributed by atoms with Gasteiger partial charge in [0.15, 0.2) is 0 Å². The summed E-state index contributed by atoms with van der Waals surface area (Å²) in [6.07, 6.45) is 4.76. The van der Waals surface area contributed by atoms with E-state index in [2.05, 4.69) is 10.3 Å². The second-order valence-electron chi connectivity index (χ2n) is 5.62. The standard InChI is InChI=1S/C19H18ClN3O/c1-23-12-11-21-19(23)15-3-2-4-17(13-15)22-18(24)10-7-14-5-8-16(20)9-6-14/h2-6,8-9,11-13H,7,10H2,1H3,(H,22,24). The maximum absolute atomic E-state index is 12.2. The third-order valence-corrected chi connectivity index (χ3v) is 4.03. The van der Waals surface area contributed by atoms with Crippen LogP contribution in [0.3, 0.4) is 0 Å². The Labute approximate surface area is 146 Å². The molecule has 0 aliphatic heterocycles. The Kier molecular flexibility index (Phi) is 4.96. The summed E-state index contributed by atoms with van der Waals surface area (Å²) < 4.78 is 1.95. The second-order valence-corrected chi connectivity index (χ2v) is 6.05. The van der Waals surface area contributed by atoms with Crippen LogP contribution in [0.15, 0.2) is 60.9 Å². The number of hydrogen-bond donors (Lipinski definition) is 1. The molecule has 1 amide bonds. The first kappa shape index (κ1) is 16.3. The molecule has 0 radical (unpaired) electrons. The molecular weight excluding hydrogens is 322 g/mol. The lowest BCUT2D eigenvalue weighted by Gasteiger charge is -2.08. The van der Waals surface area contributed by atoms with Crippen LogP contribution in [0.2, 0.25) is 5.02 Å². The number of nitrogens with zero attached hydrogens (tertiary/aromatic N) is 2. The highest BCUT2D eigenvalue weighted by atomic mass is 35.5. The molecule has 0 aliphatic rings. The largest absolute Gasteiger partial charge is 0.334 e. The summed E-state index contributed by atoms with van der Waals surface area (Å²) in [6, 6.07) is 15.3. The number of amides is 1. The van der Waals surface area contributed by atoms with E-state index in [0.717, 1.165) is 22.6 Å². The molecule has 3 aromatic rings. The molecule has 3 rings (SSSR count). The summed E-state index contributed by atoms with van der Waals surface area (Å²) in [4.78, 5) is 16.5. The smallest absolute Gasteiger partial charge is 0.224 e. The van der Waals surface area contributed by atoms with Crippen molar-refractivity contribution in [1.29, 1.82) is 0 Å². The first-order chi connectivity index (χ1) is 11.6. The van der Waals surface area contributed by atoms with Crippen molar-refractivity contribution < 1.29 is 4.79 Å². The van der Waals surface area contributed by atoms with Crippen LogP contribution >= 0.6 is 11.6 Å². The fourth-order valence-electron chi connectivity index (χ4n) is 2.51. The quantitative estimate of drug-likeness (QED) is 0.752. The Morgan fingerprint density at radius 2 is 2.00 bits per heavy atom. The molecule has 0 spiro atoms. The molecule has 0 saturated carbocycles. The summed E-state index contributed by atoms with van der Waals surface area (Å²) in [6.45, 7) is 0. The van der Waals surface area contributed by atoms with Gasteiger partial charge >= 0.3 is 0 Å². The van der Waals surface area contributed by atoms with Gasteiger partial charge in [0.1, 0.15) is 5.82 Å². The predicted octanol–water partition coefficient (Wildman–Crippen LogP) is 4.31. The molecule has 2 aromatic carbocycles. The van der Waals surface area contributed by atoms with E-state index < -0.39 is 0 Å². The molecule has 0 unspecified atom stereocenters. The number of nitrogens with one attached hydrogen (secondary N) is 1. The molecule has 1 N–H and O–H groups in total. The highest BCUT2D eigenvalue weighted by molar-refractivity contribution is 6.30. The lowest BCUT2D eigenvalue weighted by molar-refractivity contribution is -0.116. The molecule has 1 heterocycles. The number of hydrogen-bond acceptors (Lipinski definition) is 2. The average molecular weight is 340 g/mol. The molecule has 0 aliphatic carbocycles. The summed E-state index contributed by atoms with van der Waals surface area (Å²) in [5.41, 5.74) is 2.84. The minimum Gasteiger partial charge on any atom is -0.334 e. The van der Waals surface area contributed by atoms with Gasteiger partial charge in [-0.05, 0) is 36.2 Å². The first-order valence-corrected chi connectivity index (χ1v) is 8.12. The van der Waals surface area contributed by atoms with Crippen LogP contribution in [-0.4, -0.2) is 15.5 Å². The molecule has 0 fully saturated rings. The minimum absolute atomic E-state index is 0.0121. The van der Waals surface area contributed by atoms with E-state index in [-0.39, 0.29) is 5.91 Å². The van der Waals surface area contributed by atoms with Crippen molar-refractivity contribution in [2.24, 2.45) is 7.05 Å². The second kappa shape index (κ2) is 7.32. The highest BCUT2D eigenvalue weighted by Crippen LogP contribution is 2.21. The lowest BCUT2D eigenvalue weighted by Crippen LogP contribution is -2.12. The number of imidazole rings is 1. The van der Waals surface area contributed by atoms with E-state index in [4.69, 9.17) is 11.6 Å². The number of carbonyl (C=O) groups is 1. The Hall–Kier alpha value is -2.59. The summed E-state index contributed by atoms with van der Waals surface area (Å²) in [5, 5.41) is 3.65. The topological polar surface area (TPSA) is 46.9 Å². The molecule has 0 bridgehead atoms. The van der Waals surface area contributed by atoms with E-state index in [1.165, 1.54) is 0 Å². The van der Waals surface area contributed by atoms with Crippen LogP contribution in [-0.2, 0) is 18.3 Å². The summed E-state index contributed by atoms with van der Waals surface area (Å²) in [7, 11) is 1.94. The Bertz CT molecular complexity index is 840. The third-order valence-electron chi connectivity index (χ3n) is 3.78. The molecular formula is C19H18ClN3O. The number of rotatable bonds is 5. The number of anilines is 1. The third kappa shape index (κ3) is 4.03. The number of halogens is 1. The summed E-state index contributed by atoms with van der Waals surface area (Å²) >= 11 is 5.86. The van der Waals surface area contributed by atoms with Crippen LogP contribution in [0.1, 0.15) is 12.0 Å². The molecule has 4 nitrogen and oxygen atoms in total. The number of carbonyl (C=O) groups excluding carboxylic acids is 1. The Balaban J connectivity index is 1.62. The van der Waals surface area contributed by atoms with Crippen molar-refractivity contribution in [3.8, 4) is 11.4 Å². The van der Waals surface area contributed by atoms with E-state index in [9.17, 15) is 4.79 Å². The Morgan fingerprint density at radius 3 is 2.71 bits per heavy atom. The Morgan fingerprint density at radius 1 is 1.21 bits per heavy atom. The van der Waals surface area contributed by atoms with Gasteiger partial charge in [-0.3, -0.25) is 4.79 Å². The van der Waals surface area contributed by atoms with Crippen LogP contribution in [0.5, 0.6) is 0 Å². The van der Waals surface area contributed by atoms with Gasteiger partial charge in [-0.25, -0.2) is 4.98 Å². The van der Waals surface area contributed by atoms with Gasteiger partial charge in [0, 0.05) is 42.1 Å². The van der Waals surface area contributed by atoms with Gasteiger partial charge in [-0.15, -0.1) is 0 Å². The van der Waals surface area contributed by atoms with Crippen LogP contribution in [0, 0.1) is 0 Å². The zero-order chi connectivity index (χ0) is 16.9. The number of aromatic nitrogens is 2. The fraction of sp³-hybridized carbons (Fsp3) is 0.158. The van der Waals surface area contributed by atoms with Crippen molar-refractivity contribution in [2.45, 2.75) is 12.8 Å². The van der Waals surface area contributed by atoms with Crippen LogP contribution in [0.4, 0.5) is 5.69 Å². The molecule has 0 saturated heterocycles. The first-order valence-electron chi connectivity index (χ1n) is 7.74. The zero-order valence-electron chi connectivity index (χ0n) is 13.4. The van der Waals surface area contributed by atoms with E-state index >= 15 is 0 Å². The van der Waals surface area contributed by atoms with E-state index in [1.807, 2.05) is 66.3 Å². The number of benzene rings is 2. The van der Waals surface area contributed by atoms with E-state index in [1.54, 1.807) is 6.20 Å². The maximum atomic E-state index is 12.2. The van der Waals surface area contributed by atoms with Gasteiger partial charge in [-0.1, -0.05) is 35.9 Å². The molecule has 122 valence electrons. The van der Waals surface area contributed by atoms with Crippen molar-refractivity contribution in [2.75, 3.05) is 5.32 Å². The van der Waals surface area contributed by atoms with E-state index in [0.29, 0.717) is 17.9 Å². The van der Waals surface area contributed by atoms with Gasteiger partial charge in [0.05, 0.1) is 0 Å². The maximum Gasteiger partial charge on any atom is 0.224 e. The number of aryl methyl sites for hydroxylation is 2. The van der Waals surface area contributed by atoms with Crippen LogP contribution < -0.4 is 5.32 Å². The molecule has 24 heavy (non-hydrogen) atoms. The van der Waals surface area contributed by atoms with Crippen molar-refractivity contribution in [3.05, 3.63) is 71.5 Å². The van der Waals surface area contributed by atoms with Crippen molar-refractivity contribution >= 4 is 23.2 Å². The van der Waals surface area contributed by atoms with Crippen molar-refractivity contribution in [3.63, 3.8) is 0 Å². The summed E-state index contributed by atoms with van der Waals surface area (Å²) in [5.74, 6) is 0.856. The monoisotopic (exact) mass is 339 g/mol. The van der Waals surface area contributed by atoms with Gasteiger partial charge < -0.3 is 9.88 Å². The molecule has 5 heteroatoms. The van der Waals surface area contributed by atoms with Gasteiger partial charge in [-0.2, -0.15) is 0 Å². The highest BCUT2D eigenvalue weighted by Gasteiger charge is 2.07.